The van der Waals surface area contributed by atoms with Crippen molar-refractivity contribution in [3.63, 3.8) is 0 Å². The lowest BCUT2D eigenvalue weighted by Crippen LogP contribution is -2.09. The van der Waals surface area contributed by atoms with E-state index < -0.39 is 0 Å². The summed E-state index contributed by atoms with van der Waals surface area (Å²) in [5, 5.41) is 0. The number of hydrogen-bond acceptors (Lipinski definition) is 0. The normalized spacial score (nSPS) is 15.7. The maximum atomic E-state index is 2.31. The van der Waals surface area contributed by atoms with Crippen LogP contribution in [0.25, 0.3) is 0 Å². The smallest absolute Gasteiger partial charge is 0.0180 e. The topological polar surface area (TPSA) is 0 Å². The van der Waals surface area contributed by atoms with Gasteiger partial charge in [0.15, 0.2) is 0 Å². The highest BCUT2D eigenvalue weighted by Gasteiger charge is 2.12. The SMILES string of the molecule is C/C=C\C=C(/C)C(CCC)C(C)C. The predicted octanol–water partition coefficient (Wildman–Crippen LogP) is 4.58. The van der Waals surface area contributed by atoms with Crippen LogP contribution in [0.1, 0.15) is 47.5 Å². The third-order valence-electron chi connectivity index (χ3n) is 2.54. The molecule has 0 N–H and O–H groups in total. The van der Waals surface area contributed by atoms with Crippen LogP contribution in [0.2, 0.25) is 0 Å². The van der Waals surface area contributed by atoms with Crippen molar-refractivity contribution in [1.82, 2.24) is 0 Å². The molecule has 0 aliphatic rings. The monoisotopic (exact) mass is 180 g/mol. The fourth-order valence-electron chi connectivity index (χ4n) is 1.77. The van der Waals surface area contributed by atoms with Gasteiger partial charge in [-0.05, 0) is 32.1 Å². The van der Waals surface area contributed by atoms with Crippen molar-refractivity contribution in [3.05, 3.63) is 23.8 Å². The second-order valence-corrected chi connectivity index (χ2v) is 4.08. The Labute approximate surface area is 83.7 Å². The summed E-state index contributed by atoms with van der Waals surface area (Å²) >= 11 is 0. The molecule has 0 rings (SSSR count). The lowest BCUT2D eigenvalue weighted by atomic mass is 9.85. The average molecular weight is 180 g/mol. The second kappa shape index (κ2) is 6.94. The molecule has 1 unspecified atom stereocenters. The van der Waals surface area contributed by atoms with Crippen molar-refractivity contribution in [3.8, 4) is 0 Å². The first-order chi connectivity index (χ1) is 6.13. The fraction of sp³-hybridized carbons (Fsp3) is 0.692. The van der Waals surface area contributed by atoms with Crippen molar-refractivity contribution in [2.45, 2.75) is 47.5 Å². The van der Waals surface area contributed by atoms with Crippen LogP contribution in [0.5, 0.6) is 0 Å². The van der Waals surface area contributed by atoms with Crippen LogP contribution in [0.4, 0.5) is 0 Å². The van der Waals surface area contributed by atoms with Gasteiger partial charge in [0.05, 0.1) is 0 Å². The quantitative estimate of drug-likeness (QED) is 0.543. The minimum atomic E-state index is 0.765. The molecule has 0 saturated heterocycles. The van der Waals surface area contributed by atoms with E-state index in [4.69, 9.17) is 0 Å². The van der Waals surface area contributed by atoms with Crippen LogP contribution in [0, 0.1) is 11.8 Å². The summed E-state index contributed by atoms with van der Waals surface area (Å²) in [7, 11) is 0. The van der Waals surface area contributed by atoms with E-state index in [2.05, 4.69) is 52.8 Å². The Bertz CT molecular complexity index is 172. The lowest BCUT2D eigenvalue weighted by Gasteiger charge is -2.20. The minimum Gasteiger partial charge on any atom is -0.0877 e. The highest BCUT2D eigenvalue weighted by Crippen LogP contribution is 2.24. The summed E-state index contributed by atoms with van der Waals surface area (Å²) in [6.45, 7) is 11.2. The highest BCUT2D eigenvalue weighted by molar-refractivity contribution is 5.13. The Balaban J connectivity index is 4.35. The van der Waals surface area contributed by atoms with E-state index >= 15 is 0 Å². The van der Waals surface area contributed by atoms with Crippen molar-refractivity contribution >= 4 is 0 Å². The number of hydrogen-bond donors (Lipinski definition) is 0. The highest BCUT2D eigenvalue weighted by atomic mass is 14.2. The van der Waals surface area contributed by atoms with Gasteiger partial charge >= 0.3 is 0 Å². The van der Waals surface area contributed by atoms with Crippen LogP contribution >= 0.6 is 0 Å². The van der Waals surface area contributed by atoms with Crippen LogP contribution < -0.4 is 0 Å². The van der Waals surface area contributed by atoms with E-state index in [-0.39, 0.29) is 0 Å². The Kier molecular flexibility index (Phi) is 6.66. The molecule has 0 heteroatoms. The zero-order valence-electron chi connectivity index (χ0n) is 9.80. The largest absolute Gasteiger partial charge is 0.0877 e. The van der Waals surface area contributed by atoms with Gasteiger partial charge in [-0.3, -0.25) is 0 Å². The molecule has 0 bridgehead atoms. The van der Waals surface area contributed by atoms with Gasteiger partial charge in [0.1, 0.15) is 0 Å². The van der Waals surface area contributed by atoms with Crippen molar-refractivity contribution < 1.29 is 0 Å². The predicted molar refractivity (Wildman–Crippen MR) is 61.8 cm³/mol. The number of allylic oxidation sites excluding steroid dienone is 4. The van der Waals surface area contributed by atoms with E-state index in [1.165, 1.54) is 18.4 Å². The summed E-state index contributed by atoms with van der Waals surface area (Å²) in [6.07, 6.45) is 9.08. The van der Waals surface area contributed by atoms with Gasteiger partial charge in [-0.25, -0.2) is 0 Å². The van der Waals surface area contributed by atoms with Gasteiger partial charge in [0.2, 0.25) is 0 Å². The van der Waals surface area contributed by atoms with Crippen molar-refractivity contribution in [1.29, 1.82) is 0 Å². The first kappa shape index (κ1) is 12.5. The molecule has 0 nitrogen and oxygen atoms in total. The van der Waals surface area contributed by atoms with E-state index in [1.807, 2.05) is 0 Å². The maximum absolute atomic E-state index is 2.31. The summed E-state index contributed by atoms with van der Waals surface area (Å²) in [6, 6.07) is 0. The fourth-order valence-corrected chi connectivity index (χ4v) is 1.77. The van der Waals surface area contributed by atoms with Crippen LogP contribution in [0.3, 0.4) is 0 Å². The third kappa shape index (κ3) is 4.92. The molecular weight excluding hydrogens is 156 g/mol. The molecule has 0 aromatic rings. The van der Waals surface area contributed by atoms with Gasteiger partial charge in [-0.1, -0.05) is 51.0 Å². The molecule has 0 heterocycles. The van der Waals surface area contributed by atoms with Crippen molar-refractivity contribution in [2.24, 2.45) is 11.8 Å². The standard InChI is InChI=1S/C13H24/c1-6-8-10-12(5)13(9-7-2)11(3)4/h6,8,10-11,13H,7,9H2,1-5H3/b8-6-,12-10+. The molecule has 0 fully saturated rings. The summed E-state index contributed by atoms with van der Waals surface area (Å²) in [4.78, 5) is 0. The van der Waals surface area contributed by atoms with Gasteiger partial charge in [0.25, 0.3) is 0 Å². The summed E-state index contributed by atoms with van der Waals surface area (Å²) in [5.74, 6) is 1.53. The van der Waals surface area contributed by atoms with Gasteiger partial charge in [-0.2, -0.15) is 0 Å². The molecule has 0 aromatic carbocycles. The maximum Gasteiger partial charge on any atom is -0.0180 e. The van der Waals surface area contributed by atoms with E-state index in [0.717, 1.165) is 11.8 Å². The molecule has 13 heavy (non-hydrogen) atoms. The van der Waals surface area contributed by atoms with Crippen LogP contribution in [-0.2, 0) is 0 Å². The van der Waals surface area contributed by atoms with Crippen LogP contribution in [0.15, 0.2) is 23.8 Å². The lowest BCUT2D eigenvalue weighted by molar-refractivity contribution is 0.411. The molecule has 0 aromatic heterocycles. The average Bonchev–Trinajstić information content (AvgIpc) is 2.09. The Morgan fingerprint density at radius 3 is 2.31 bits per heavy atom. The second-order valence-electron chi connectivity index (χ2n) is 4.08. The van der Waals surface area contributed by atoms with E-state index in [1.54, 1.807) is 0 Å². The Morgan fingerprint density at radius 1 is 1.31 bits per heavy atom. The zero-order valence-corrected chi connectivity index (χ0v) is 9.80. The van der Waals surface area contributed by atoms with Crippen LogP contribution in [-0.4, -0.2) is 0 Å². The molecule has 76 valence electrons. The molecular formula is C13H24. The van der Waals surface area contributed by atoms with Gasteiger partial charge < -0.3 is 0 Å². The summed E-state index contributed by atoms with van der Waals surface area (Å²) < 4.78 is 0. The summed E-state index contributed by atoms with van der Waals surface area (Å²) in [5.41, 5.74) is 1.52. The zero-order chi connectivity index (χ0) is 10.3. The van der Waals surface area contributed by atoms with Gasteiger partial charge in [0, 0.05) is 0 Å². The molecule has 0 radical (unpaired) electrons. The molecule has 1 atom stereocenters. The minimum absolute atomic E-state index is 0.765. The Hall–Kier alpha value is -0.520. The third-order valence-corrected chi connectivity index (χ3v) is 2.54. The van der Waals surface area contributed by atoms with Crippen molar-refractivity contribution in [2.75, 3.05) is 0 Å². The molecule has 0 amide bonds. The molecule has 0 spiro atoms. The first-order valence-corrected chi connectivity index (χ1v) is 5.42. The Morgan fingerprint density at radius 2 is 1.92 bits per heavy atom. The molecule has 0 saturated carbocycles. The van der Waals surface area contributed by atoms with E-state index in [9.17, 15) is 0 Å². The molecule has 0 aliphatic carbocycles. The molecule has 0 aliphatic heterocycles. The van der Waals surface area contributed by atoms with Gasteiger partial charge in [-0.15, -0.1) is 0 Å². The number of rotatable bonds is 5. The van der Waals surface area contributed by atoms with E-state index in [0.29, 0.717) is 0 Å². The first-order valence-electron chi connectivity index (χ1n) is 5.42.